The highest BCUT2D eigenvalue weighted by atomic mass is 16.4. The van der Waals surface area contributed by atoms with E-state index >= 15 is 0 Å². The molecular formula is C7H14N2O4. The maximum absolute atomic E-state index is 10.2. The van der Waals surface area contributed by atoms with Gasteiger partial charge in [0, 0.05) is 6.54 Å². The van der Waals surface area contributed by atoms with Crippen LogP contribution in [0.1, 0.15) is 19.3 Å². The first-order chi connectivity index (χ1) is 6.04. The molecule has 0 rings (SSSR count). The number of nitrogens with two attached hydrogens (primary N) is 1. The van der Waals surface area contributed by atoms with Gasteiger partial charge in [-0.25, -0.2) is 4.79 Å². The van der Waals surface area contributed by atoms with Gasteiger partial charge in [-0.3, -0.25) is 4.79 Å². The Balaban J connectivity index is 3.26. The van der Waals surface area contributed by atoms with Gasteiger partial charge in [-0.05, 0) is 19.3 Å². The van der Waals surface area contributed by atoms with Crippen molar-refractivity contribution in [1.29, 1.82) is 0 Å². The molecule has 0 aliphatic carbocycles. The number of rotatable bonds is 6. The Hall–Kier alpha value is -1.30. The van der Waals surface area contributed by atoms with Crippen molar-refractivity contribution in [2.75, 3.05) is 6.54 Å². The van der Waals surface area contributed by atoms with Crippen LogP contribution in [0.4, 0.5) is 4.79 Å². The molecule has 0 aliphatic heterocycles. The van der Waals surface area contributed by atoms with Crippen molar-refractivity contribution < 1.29 is 19.8 Å². The molecule has 0 aromatic heterocycles. The van der Waals surface area contributed by atoms with Crippen LogP contribution in [0.5, 0.6) is 0 Å². The number of carboxylic acid groups (broad SMARTS) is 2. The zero-order valence-electron chi connectivity index (χ0n) is 7.19. The highest BCUT2D eigenvalue weighted by Crippen LogP contribution is 1.97. The predicted octanol–water partition coefficient (Wildman–Crippen LogP) is -0.164. The first kappa shape index (κ1) is 11.7. The average molecular weight is 190 g/mol. The molecule has 0 bridgehead atoms. The molecule has 1 amide bonds. The van der Waals surface area contributed by atoms with Crippen LogP contribution in [-0.4, -0.2) is 34.9 Å². The minimum atomic E-state index is -1.07. The van der Waals surface area contributed by atoms with Crippen molar-refractivity contribution in [2.45, 2.75) is 25.3 Å². The van der Waals surface area contributed by atoms with E-state index in [1.165, 1.54) is 0 Å². The number of unbranched alkanes of at least 4 members (excludes halogenated alkanes) is 1. The summed E-state index contributed by atoms with van der Waals surface area (Å²) >= 11 is 0. The smallest absolute Gasteiger partial charge is 0.404 e. The first-order valence-corrected chi connectivity index (χ1v) is 3.99. The lowest BCUT2D eigenvalue weighted by atomic mass is 10.1. The summed E-state index contributed by atoms with van der Waals surface area (Å²) in [6, 6.07) is -0.843. The maximum Gasteiger partial charge on any atom is 0.404 e. The SMILES string of the molecule is NC(CCCCNC(=O)O)C(=O)O. The van der Waals surface area contributed by atoms with Gasteiger partial charge >= 0.3 is 12.1 Å². The van der Waals surface area contributed by atoms with Gasteiger partial charge < -0.3 is 21.3 Å². The fraction of sp³-hybridized carbons (Fsp3) is 0.714. The average Bonchev–Trinajstić information content (AvgIpc) is 2.02. The largest absolute Gasteiger partial charge is 0.480 e. The molecule has 0 saturated carbocycles. The second kappa shape index (κ2) is 6.24. The van der Waals surface area contributed by atoms with Crippen LogP contribution < -0.4 is 11.1 Å². The summed E-state index contributed by atoms with van der Waals surface area (Å²) in [5.74, 6) is -1.02. The summed E-state index contributed by atoms with van der Waals surface area (Å²) in [6.45, 7) is 0.335. The van der Waals surface area contributed by atoms with Gasteiger partial charge in [0.25, 0.3) is 0 Å². The Morgan fingerprint density at radius 1 is 1.31 bits per heavy atom. The molecule has 5 N–H and O–H groups in total. The zero-order chi connectivity index (χ0) is 10.3. The third-order valence-corrected chi connectivity index (χ3v) is 1.54. The van der Waals surface area contributed by atoms with Crippen LogP contribution in [-0.2, 0) is 4.79 Å². The summed E-state index contributed by atoms with van der Waals surface area (Å²) in [7, 11) is 0. The molecular weight excluding hydrogens is 176 g/mol. The second-order valence-electron chi connectivity index (χ2n) is 2.67. The standard InChI is InChI=1S/C7H14N2O4/c8-5(6(10)11)3-1-2-4-9-7(12)13/h5,9H,1-4,8H2,(H,10,11)(H,12,13). The molecule has 6 nitrogen and oxygen atoms in total. The minimum absolute atomic E-state index is 0.335. The molecule has 1 unspecified atom stereocenters. The van der Waals surface area contributed by atoms with E-state index < -0.39 is 18.1 Å². The van der Waals surface area contributed by atoms with Gasteiger partial charge in [-0.2, -0.15) is 0 Å². The summed E-state index contributed by atoms with van der Waals surface area (Å²) in [5, 5.41) is 18.7. The lowest BCUT2D eigenvalue weighted by Crippen LogP contribution is -2.30. The molecule has 0 saturated heterocycles. The summed E-state index contributed by atoms with van der Waals surface area (Å²) in [6.07, 6.45) is 0.514. The van der Waals surface area contributed by atoms with Gasteiger partial charge in [-0.15, -0.1) is 0 Å². The zero-order valence-corrected chi connectivity index (χ0v) is 7.19. The molecule has 13 heavy (non-hydrogen) atoms. The Morgan fingerprint density at radius 2 is 1.92 bits per heavy atom. The fourth-order valence-corrected chi connectivity index (χ4v) is 0.808. The van der Waals surface area contributed by atoms with Crippen LogP contribution in [0.3, 0.4) is 0 Å². The normalized spacial score (nSPS) is 12.1. The van der Waals surface area contributed by atoms with Gasteiger partial charge in [0.1, 0.15) is 6.04 Å². The van der Waals surface area contributed by atoms with Gasteiger partial charge in [-0.1, -0.05) is 0 Å². The van der Waals surface area contributed by atoms with E-state index in [-0.39, 0.29) is 0 Å². The summed E-state index contributed by atoms with van der Waals surface area (Å²) in [4.78, 5) is 20.2. The van der Waals surface area contributed by atoms with Crippen molar-refractivity contribution in [3.05, 3.63) is 0 Å². The Bertz CT molecular complexity index is 183. The van der Waals surface area contributed by atoms with Crippen LogP contribution in [0.2, 0.25) is 0 Å². The lowest BCUT2D eigenvalue weighted by Gasteiger charge is -2.05. The first-order valence-electron chi connectivity index (χ1n) is 3.99. The van der Waals surface area contributed by atoms with Crippen LogP contribution in [0.25, 0.3) is 0 Å². The van der Waals surface area contributed by atoms with Crippen molar-refractivity contribution in [1.82, 2.24) is 5.32 Å². The highest BCUT2D eigenvalue weighted by molar-refractivity contribution is 5.72. The number of carbonyl (C=O) groups is 2. The third kappa shape index (κ3) is 7.07. The number of aliphatic carboxylic acids is 1. The molecule has 0 aromatic carbocycles. The van der Waals surface area contributed by atoms with Crippen LogP contribution in [0.15, 0.2) is 0 Å². The monoisotopic (exact) mass is 190 g/mol. The molecule has 76 valence electrons. The van der Waals surface area contributed by atoms with E-state index in [2.05, 4.69) is 5.32 Å². The lowest BCUT2D eigenvalue weighted by molar-refractivity contribution is -0.138. The molecule has 6 heteroatoms. The quantitative estimate of drug-likeness (QED) is 0.434. The maximum atomic E-state index is 10.2. The van der Waals surface area contributed by atoms with E-state index in [1.54, 1.807) is 0 Å². The van der Waals surface area contributed by atoms with Gasteiger partial charge in [0.15, 0.2) is 0 Å². The molecule has 0 spiro atoms. The highest BCUT2D eigenvalue weighted by Gasteiger charge is 2.09. The van der Waals surface area contributed by atoms with E-state index in [1.807, 2.05) is 0 Å². The van der Waals surface area contributed by atoms with Crippen molar-refractivity contribution >= 4 is 12.1 Å². The van der Waals surface area contributed by atoms with E-state index in [0.717, 1.165) is 0 Å². The van der Waals surface area contributed by atoms with Crippen molar-refractivity contribution in [2.24, 2.45) is 5.73 Å². The van der Waals surface area contributed by atoms with Crippen molar-refractivity contribution in [3.63, 3.8) is 0 Å². The molecule has 0 radical (unpaired) electrons. The second-order valence-corrected chi connectivity index (χ2v) is 2.67. The molecule has 0 heterocycles. The Morgan fingerprint density at radius 3 is 2.38 bits per heavy atom. The van der Waals surface area contributed by atoms with E-state index in [9.17, 15) is 9.59 Å². The minimum Gasteiger partial charge on any atom is -0.480 e. The number of hydrogen-bond donors (Lipinski definition) is 4. The van der Waals surface area contributed by atoms with Gasteiger partial charge in [0.2, 0.25) is 0 Å². The van der Waals surface area contributed by atoms with Gasteiger partial charge in [0.05, 0.1) is 0 Å². The molecule has 0 aliphatic rings. The number of amides is 1. The number of carboxylic acids is 1. The predicted molar refractivity (Wildman–Crippen MR) is 45.5 cm³/mol. The number of nitrogens with one attached hydrogen (secondary N) is 1. The molecule has 0 fully saturated rings. The third-order valence-electron chi connectivity index (χ3n) is 1.54. The Labute approximate surface area is 75.7 Å². The molecule has 1 atom stereocenters. The summed E-state index contributed by atoms with van der Waals surface area (Å²) in [5.41, 5.74) is 5.22. The van der Waals surface area contributed by atoms with E-state index in [0.29, 0.717) is 25.8 Å². The van der Waals surface area contributed by atoms with E-state index in [4.69, 9.17) is 15.9 Å². The molecule has 0 aromatic rings. The summed E-state index contributed by atoms with van der Waals surface area (Å²) < 4.78 is 0. The van der Waals surface area contributed by atoms with Crippen molar-refractivity contribution in [3.8, 4) is 0 Å². The van der Waals surface area contributed by atoms with Crippen LogP contribution in [0, 0.1) is 0 Å². The Kier molecular flexibility index (Phi) is 5.62. The van der Waals surface area contributed by atoms with Crippen LogP contribution >= 0.6 is 0 Å². The topological polar surface area (TPSA) is 113 Å². The fourth-order valence-electron chi connectivity index (χ4n) is 0.808. The number of hydrogen-bond acceptors (Lipinski definition) is 3.